The Balaban J connectivity index is 3.03. The Morgan fingerprint density at radius 2 is 1.80 bits per heavy atom. The first-order valence-corrected chi connectivity index (χ1v) is 8.55. The number of benzene rings is 1. The molecule has 0 bridgehead atoms. The lowest BCUT2D eigenvalue weighted by atomic mass is 10.0. The molecule has 1 aromatic rings. The number of rotatable bonds is 7. The van der Waals surface area contributed by atoms with E-state index >= 15 is 0 Å². The number of hydrogen-bond acceptors (Lipinski definition) is 4. The SMILES string of the molecule is CCC(CC)CN(CC)c1ccc(S(N)(=O)=O)c(N)c1. The second-order valence-corrected chi connectivity index (χ2v) is 6.52. The molecule has 1 rings (SSSR count). The molecular weight excluding hydrogens is 274 g/mol. The van der Waals surface area contributed by atoms with E-state index in [2.05, 4.69) is 25.7 Å². The van der Waals surface area contributed by atoms with Crippen LogP contribution in [0.1, 0.15) is 33.6 Å². The zero-order valence-electron chi connectivity index (χ0n) is 12.5. The Morgan fingerprint density at radius 1 is 1.20 bits per heavy atom. The maximum absolute atomic E-state index is 11.4. The van der Waals surface area contributed by atoms with Crippen molar-refractivity contribution < 1.29 is 8.42 Å². The molecule has 0 unspecified atom stereocenters. The molecule has 0 radical (unpaired) electrons. The van der Waals surface area contributed by atoms with Crippen LogP contribution in [-0.4, -0.2) is 21.5 Å². The number of sulfonamides is 1. The van der Waals surface area contributed by atoms with Crippen LogP contribution in [0.3, 0.4) is 0 Å². The minimum Gasteiger partial charge on any atom is -0.398 e. The summed E-state index contributed by atoms with van der Waals surface area (Å²) in [7, 11) is -3.76. The number of nitrogens with two attached hydrogens (primary N) is 2. The van der Waals surface area contributed by atoms with Crippen LogP contribution in [-0.2, 0) is 10.0 Å². The highest BCUT2D eigenvalue weighted by atomic mass is 32.2. The molecule has 4 N–H and O–H groups in total. The minimum atomic E-state index is -3.76. The van der Waals surface area contributed by atoms with Gasteiger partial charge in [0.05, 0.1) is 5.69 Å². The quantitative estimate of drug-likeness (QED) is 0.755. The summed E-state index contributed by atoms with van der Waals surface area (Å²) in [4.78, 5) is 2.20. The van der Waals surface area contributed by atoms with Crippen molar-refractivity contribution in [2.75, 3.05) is 23.7 Å². The summed E-state index contributed by atoms with van der Waals surface area (Å²) in [5.41, 5.74) is 6.95. The predicted molar refractivity (Wildman–Crippen MR) is 84.2 cm³/mol. The molecule has 1 aromatic carbocycles. The molecule has 0 aliphatic rings. The zero-order chi connectivity index (χ0) is 15.3. The molecular formula is C14H25N3O2S. The smallest absolute Gasteiger partial charge is 0.240 e. The number of nitrogens with zero attached hydrogens (tertiary/aromatic N) is 1. The minimum absolute atomic E-state index is 0.0140. The lowest BCUT2D eigenvalue weighted by Gasteiger charge is -2.28. The van der Waals surface area contributed by atoms with Gasteiger partial charge in [-0.2, -0.15) is 0 Å². The van der Waals surface area contributed by atoms with Gasteiger partial charge in [-0.25, -0.2) is 13.6 Å². The second-order valence-electron chi connectivity index (χ2n) is 4.99. The molecule has 0 spiro atoms. The van der Waals surface area contributed by atoms with Crippen LogP contribution in [0.15, 0.2) is 23.1 Å². The van der Waals surface area contributed by atoms with E-state index < -0.39 is 10.0 Å². The molecule has 5 nitrogen and oxygen atoms in total. The van der Waals surface area contributed by atoms with Crippen LogP contribution >= 0.6 is 0 Å². The van der Waals surface area contributed by atoms with Crippen LogP contribution < -0.4 is 15.8 Å². The summed E-state index contributed by atoms with van der Waals surface area (Å²) in [5, 5.41) is 5.12. The van der Waals surface area contributed by atoms with Gasteiger partial charge in [0.25, 0.3) is 0 Å². The molecule has 0 fully saturated rings. The van der Waals surface area contributed by atoms with Crippen molar-refractivity contribution in [1.29, 1.82) is 0 Å². The first-order chi connectivity index (χ1) is 9.33. The summed E-state index contributed by atoms with van der Waals surface area (Å²) in [6.45, 7) is 8.23. The third kappa shape index (κ3) is 4.11. The van der Waals surface area contributed by atoms with E-state index in [1.54, 1.807) is 12.1 Å². The third-order valence-electron chi connectivity index (χ3n) is 3.68. The van der Waals surface area contributed by atoms with Crippen molar-refractivity contribution >= 4 is 21.4 Å². The van der Waals surface area contributed by atoms with Gasteiger partial charge in [-0.3, -0.25) is 0 Å². The standard InChI is InChI=1S/C14H25N3O2S/c1-4-11(5-2)10-17(6-3)12-7-8-14(13(15)9-12)20(16,18)19/h7-9,11H,4-6,10,15H2,1-3H3,(H2,16,18,19). The third-order valence-corrected chi connectivity index (χ3v) is 4.66. The molecule has 6 heteroatoms. The normalized spacial score (nSPS) is 11.8. The highest BCUT2D eigenvalue weighted by Crippen LogP contribution is 2.25. The average molecular weight is 299 g/mol. The van der Waals surface area contributed by atoms with Gasteiger partial charge in [0.1, 0.15) is 4.90 Å². The van der Waals surface area contributed by atoms with Gasteiger partial charge >= 0.3 is 0 Å². The van der Waals surface area contributed by atoms with E-state index in [1.165, 1.54) is 6.07 Å². The Labute approximate surface area is 122 Å². The van der Waals surface area contributed by atoms with Crippen molar-refractivity contribution in [3.8, 4) is 0 Å². The van der Waals surface area contributed by atoms with Crippen molar-refractivity contribution in [1.82, 2.24) is 0 Å². The molecule has 114 valence electrons. The molecule has 0 heterocycles. The second kappa shape index (κ2) is 6.95. The largest absolute Gasteiger partial charge is 0.398 e. The van der Waals surface area contributed by atoms with E-state index in [9.17, 15) is 8.42 Å². The molecule has 0 aromatic heterocycles. The van der Waals surface area contributed by atoms with Gasteiger partial charge in [-0.05, 0) is 31.0 Å². The average Bonchev–Trinajstić information content (AvgIpc) is 2.38. The Morgan fingerprint density at radius 3 is 2.20 bits per heavy atom. The zero-order valence-corrected chi connectivity index (χ0v) is 13.3. The molecule has 20 heavy (non-hydrogen) atoms. The molecule has 0 saturated carbocycles. The Hall–Kier alpha value is -1.27. The monoisotopic (exact) mass is 299 g/mol. The number of hydrogen-bond donors (Lipinski definition) is 2. The summed E-state index contributed by atoms with van der Waals surface area (Å²) in [5.74, 6) is 0.620. The van der Waals surface area contributed by atoms with Crippen LogP contribution in [0, 0.1) is 5.92 Å². The fourth-order valence-electron chi connectivity index (χ4n) is 2.27. The van der Waals surface area contributed by atoms with E-state index in [1.807, 2.05) is 0 Å². The Kier molecular flexibility index (Phi) is 5.83. The molecule has 0 aliphatic carbocycles. The van der Waals surface area contributed by atoms with E-state index in [0.29, 0.717) is 5.92 Å². The van der Waals surface area contributed by atoms with Crippen molar-refractivity contribution in [2.24, 2.45) is 11.1 Å². The fourth-order valence-corrected chi connectivity index (χ4v) is 2.91. The van der Waals surface area contributed by atoms with Gasteiger partial charge < -0.3 is 10.6 Å². The maximum atomic E-state index is 11.4. The summed E-state index contributed by atoms with van der Waals surface area (Å²) in [6.07, 6.45) is 2.25. The summed E-state index contributed by atoms with van der Waals surface area (Å²) < 4.78 is 22.7. The first kappa shape index (κ1) is 16.8. The topological polar surface area (TPSA) is 89.4 Å². The highest BCUT2D eigenvalue weighted by Gasteiger charge is 2.15. The lowest BCUT2D eigenvalue weighted by molar-refractivity contribution is 0.486. The van der Waals surface area contributed by atoms with Crippen molar-refractivity contribution in [3.05, 3.63) is 18.2 Å². The van der Waals surface area contributed by atoms with Crippen LogP contribution in [0.25, 0.3) is 0 Å². The van der Waals surface area contributed by atoms with E-state index in [4.69, 9.17) is 10.9 Å². The molecule has 0 saturated heterocycles. The Bertz CT molecular complexity index is 539. The lowest BCUT2D eigenvalue weighted by Crippen LogP contribution is -2.29. The maximum Gasteiger partial charge on any atom is 0.240 e. The fraction of sp³-hybridized carbons (Fsp3) is 0.571. The molecule has 0 aliphatic heterocycles. The van der Waals surface area contributed by atoms with E-state index in [-0.39, 0.29) is 10.6 Å². The van der Waals surface area contributed by atoms with Crippen molar-refractivity contribution in [2.45, 2.75) is 38.5 Å². The van der Waals surface area contributed by atoms with Crippen LogP contribution in [0.5, 0.6) is 0 Å². The number of anilines is 2. The summed E-state index contributed by atoms with van der Waals surface area (Å²) in [6, 6.07) is 4.93. The number of primary sulfonamides is 1. The van der Waals surface area contributed by atoms with Gasteiger partial charge in [-0.15, -0.1) is 0 Å². The summed E-state index contributed by atoms with van der Waals surface area (Å²) >= 11 is 0. The van der Waals surface area contributed by atoms with Gasteiger partial charge in [0.15, 0.2) is 0 Å². The van der Waals surface area contributed by atoms with Crippen molar-refractivity contribution in [3.63, 3.8) is 0 Å². The van der Waals surface area contributed by atoms with Gasteiger partial charge in [0, 0.05) is 18.8 Å². The predicted octanol–water partition coefficient (Wildman–Crippen LogP) is 2.18. The highest BCUT2D eigenvalue weighted by molar-refractivity contribution is 7.89. The van der Waals surface area contributed by atoms with Gasteiger partial charge in [-0.1, -0.05) is 26.7 Å². The first-order valence-electron chi connectivity index (χ1n) is 7.00. The molecule has 0 amide bonds. The van der Waals surface area contributed by atoms with Crippen LogP contribution in [0.2, 0.25) is 0 Å². The molecule has 0 atom stereocenters. The van der Waals surface area contributed by atoms with E-state index in [0.717, 1.165) is 31.6 Å². The van der Waals surface area contributed by atoms with Crippen LogP contribution in [0.4, 0.5) is 11.4 Å². The number of nitrogen functional groups attached to an aromatic ring is 1. The van der Waals surface area contributed by atoms with Gasteiger partial charge in [0.2, 0.25) is 10.0 Å².